The molecule has 0 saturated heterocycles. The maximum Gasteiger partial charge on any atom is 0.337 e. The van der Waals surface area contributed by atoms with Crippen LogP contribution in [0.25, 0.3) is 0 Å². The summed E-state index contributed by atoms with van der Waals surface area (Å²) in [5, 5.41) is 20.3. The lowest BCUT2D eigenvalue weighted by Gasteiger charge is -2.13. The SMILES string of the molecule is COC(=O)c1ccc(OCCNCC(O)COc2cccnn2)cc1. The van der Waals surface area contributed by atoms with E-state index in [-0.39, 0.29) is 12.6 Å². The number of aromatic nitrogens is 2. The molecule has 2 N–H and O–H groups in total. The number of methoxy groups -OCH3 is 1. The smallest absolute Gasteiger partial charge is 0.337 e. The molecule has 0 spiro atoms. The number of rotatable bonds is 10. The summed E-state index contributed by atoms with van der Waals surface area (Å²) in [4.78, 5) is 11.3. The summed E-state index contributed by atoms with van der Waals surface area (Å²) in [5.41, 5.74) is 0.471. The van der Waals surface area contributed by atoms with Crippen molar-refractivity contribution >= 4 is 5.97 Å². The van der Waals surface area contributed by atoms with Crippen molar-refractivity contribution in [1.29, 1.82) is 0 Å². The van der Waals surface area contributed by atoms with Crippen LogP contribution in [0, 0.1) is 0 Å². The van der Waals surface area contributed by atoms with E-state index >= 15 is 0 Å². The normalized spacial score (nSPS) is 11.6. The highest BCUT2D eigenvalue weighted by atomic mass is 16.5. The summed E-state index contributed by atoms with van der Waals surface area (Å²) in [6.45, 7) is 1.47. The van der Waals surface area contributed by atoms with Gasteiger partial charge >= 0.3 is 5.97 Å². The molecule has 0 aliphatic heterocycles. The summed E-state index contributed by atoms with van der Waals surface area (Å²) >= 11 is 0. The quantitative estimate of drug-likeness (QED) is 0.478. The molecule has 2 rings (SSSR count). The first-order valence-electron chi connectivity index (χ1n) is 7.79. The molecule has 1 unspecified atom stereocenters. The minimum absolute atomic E-state index is 0.127. The highest BCUT2D eigenvalue weighted by molar-refractivity contribution is 5.89. The first-order chi connectivity index (χ1) is 12.2. The van der Waals surface area contributed by atoms with E-state index in [9.17, 15) is 9.90 Å². The van der Waals surface area contributed by atoms with Gasteiger partial charge in [-0.15, -0.1) is 5.10 Å². The van der Waals surface area contributed by atoms with Crippen LogP contribution in [-0.4, -0.2) is 60.8 Å². The molecular weight excluding hydrogens is 326 g/mol. The van der Waals surface area contributed by atoms with E-state index in [4.69, 9.17) is 9.47 Å². The summed E-state index contributed by atoms with van der Waals surface area (Å²) in [7, 11) is 1.34. The van der Waals surface area contributed by atoms with Crippen LogP contribution in [0.15, 0.2) is 42.6 Å². The Morgan fingerprint density at radius 2 is 2.04 bits per heavy atom. The summed E-state index contributed by atoms with van der Waals surface area (Å²) in [6.07, 6.45) is 0.884. The van der Waals surface area contributed by atoms with Crippen LogP contribution in [0.3, 0.4) is 0 Å². The molecule has 8 nitrogen and oxygen atoms in total. The van der Waals surface area contributed by atoms with Crippen LogP contribution in [0.5, 0.6) is 11.6 Å². The highest BCUT2D eigenvalue weighted by Gasteiger charge is 2.06. The van der Waals surface area contributed by atoms with Crippen LogP contribution in [0.1, 0.15) is 10.4 Å². The van der Waals surface area contributed by atoms with Gasteiger partial charge in [0.25, 0.3) is 0 Å². The Balaban J connectivity index is 1.57. The van der Waals surface area contributed by atoms with Crippen molar-refractivity contribution in [2.75, 3.05) is 33.4 Å². The molecule has 1 atom stereocenters. The highest BCUT2D eigenvalue weighted by Crippen LogP contribution is 2.12. The number of carbonyl (C=O) groups is 1. The van der Waals surface area contributed by atoms with E-state index in [2.05, 4.69) is 20.3 Å². The first kappa shape index (κ1) is 18.6. The summed E-state index contributed by atoms with van der Waals surface area (Å²) < 4.78 is 15.5. The van der Waals surface area contributed by atoms with Crippen molar-refractivity contribution in [2.45, 2.75) is 6.10 Å². The van der Waals surface area contributed by atoms with Crippen LogP contribution >= 0.6 is 0 Å². The predicted molar refractivity (Wildman–Crippen MR) is 89.7 cm³/mol. The van der Waals surface area contributed by atoms with Crippen molar-refractivity contribution in [3.63, 3.8) is 0 Å². The number of aliphatic hydroxyl groups excluding tert-OH is 1. The fourth-order valence-corrected chi connectivity index (χ4v) is 1.92. The number of carbonyl (C=O) groups excluding carboxylic acids is 1. The molecule has 0 bridgehead atoms. The maximum absolute atomic E-state index is 11.3. The Hall–Kier alpha value is -2.71. The molecule has 2 aromatic rings. The Bertz CT molecular complexity index is 636. The molecule has 0 radical (unpaired) electrons. The van der Waals surface area contributed by atoms with Gasteiger partial charge in [0.1, 0.15) is 25.1 Å². The molecule has 0 saturated carbocycles. The van der Waals surface area contributed by atoms with Crippen molar-refractivity contribution in [1.82, 2.24) is 15.5 Å². The number of benzene rings is 1. The minimum atomic E-state index is -0.665. The zero-order valence-electron chi connectivity index (χ0n) is 13.9. The van der Waals surface area contributed by atoms with Crippen LogP contribution in [0.4, 0.5) is 0 Å². The van der Waals surface area contributed by atoms with Crippen LogP contribution in [-0.2, 0) is 4.74 Å². The average Bonchev–Trinajstić information content (AvgIpc) is 2.67. The van der Waals surface area contributed by atoms with Crippen LogP contribution < -0.4 is 14.8 Å². The fraction of sp³-hybridized carbons (Fsp3) is 0.353. The molecule has 0 fully saturated rings. The van der Waals surface area contributed by atoms with E-state index in [0.29, 0.717) is 36.9 Å². The minimum Gasteiger partial charge on any atom is -0.492 e. The van der Waals surface area contributed by atoms with Gasteiger partial charge in [-0.2, -0.15) is 5.10 Å². The van der Waals surface area contributed by atoms with Crippen molar-refractivity contribution in [3.8, 4) is 11.6 Å². The number of aliphatic hydroxyl groups is 1. The number of nitrogens with one attached hydrogen (secondary N) is 1. The molecule has 0 aliphatic carbocycles. The Labute approximate surface area is 145 Å². The van der Waals surface area contributed by atoms with E-state index in [1.807, 2.05) is 0 Å². The molecule has 0 aliphatic rings. The number of esters is 1. The van der Waals surface area contributed by atoms with E-state index in [1.54, 1.807) is 42.6 Å². The lowest BCUT2D eigenvalue weighted by Crippen LogP contribution is -2.33. The van der Waals surface area contributed by atoms with E-state index in [1.165, 1.54) is 7.11 Å². The van der Waals surface area contributed by atoms with Crippen molar-refractivity contribution in [2.24, 2.45) is 0 Å². The second-order valence-corrected chi connectivity index (χ2v) is 5.10. The third-order valence-electron chi connectivity index (χ3n) is 3.17. The topological polar surface area (TPSA) is 103 Å². The van der Waals surface area contributed by atoms with Gasteiger partial charge in [0.05, 0.1) is 12.7 Å². The van der Waals surface area contributed by atoms with E-state index < -0.39 is 6.10 Å². The zero-order chi connectivity index (χ0) is 17.9. The molecule has 1 aromatic heterocycles. The van der Waals surface area contributed by atoms with Gasteiger partial charge in [0.15, 0.2) is 0 Å². The molecule has 134 valence electrons. The van der Waals surface area contributed by atoms with Gasteiger partial charge in [0.2, 0.25) is 5.88 Å². The lowest BCUT2D eigenvalue weighted by molar-refractivity contribution is 0.0600. The number of ether oxygens (including phenoxy) is 3. The van der Waals surface area contributed by atoms with Gasteiger partial charge in [-0.05, 0) is 30.3 Å². The third kappa shape index (κ3) is 6.74. The Morgan fingerprint density at radius 1 is 1.24 bits per heavy atom. The monoisotopic (exact) mass is 347 g/mol. The molecule has 0 amide bonds. The van der Waals surface area contributed by atoms with Gasteiger partial charge in [-0.25, -0.2) is 4.79 Å². The second-order valence-electron chi connectivity index (χ2n) is 5.10. The van der Waals surface area contributed by atoms with Gasteiger partial charge in [0, 0.05) is 25.4 Å². The molecule has 8 heteroatoms. The molecular formula is C17H21N3O5. The second kappa shape index (κ2) is 10.2. The van der Waals surface area contributed by atoms with Gasteiger partial charge in [-0.1, -0.05) is 0 Å². The molecule has 25 heavy (non-hydrogen) atoms. The van der Waals surface area contributed by atoms with Gasteiger partial charge in [-0.3, -0.25) is 0 Å². The summed E-state index contributed by atoms with van der Waals surface area (Å²) in [6, 6.07) is 10.1. The Kier molecular flexibility index (Phi) is 7.61. The first-order valence-corrected chi connectivity index (χ1v) is 7.79. The number of hydrogen-bond donors (Lipinski definition) is 2. The fourth-order valence-electron chi connectivity index (χ4n) is 1.92. The third-order valence-corrected chi connectivity index (χ3v) is 3.17. The van der Waals surface area contributed by atoms with Crippen molar-refractivity contribution in [3.05, 3.63) is 48.2 Å². The standard InChI is InChI=1S/C17H21N3O5/c1-23-17(22)13-4-6-15(7-5-13)24-10-9-18-11-14(21)12-25-16-3-2-8-19-20-16/h2-8,14,18,21H,9-12H2,1H3. The van der Waals surface area contributed by atoms with E-state index in [0.717, 1.165) is 0 Å². The molecule has 1 heterocycles. The maximum atomic E-state index is 11.3. The number of nitrogens with zero attached hydrogens (tertiary/aromatic N) is 2. The largest absolute Gasteiger partial charge is 0.492 e. The molecule has 1 aromatic carbocycles. The summed E-state index contributed by atoms with van der Waals surface area (Å²) in [5.74, 6) is 0.646. The average molecular weight is 347 g/mol. The Morgan fingerprint density at radius 3 is 2.72 bits per heavy atom. The van der Waals surface area contributed by atoms with Crippen LogP contribution in [0.2, 0.25) is 0 Å². The predicted octanol–water partition coefficient (Wildman–Crippen LogP) is 0.671. The lowest BCUT2D eigenvalue weighted by atomic mass is 10.2. The number of hydrogen-bond acceptors (Lipinski definition) is 8. The van der Waals surface area contributed by atoms with Gasteiger partial charge < -0.3 is 24.6 Å². The van der Waals surface area contributed by atoms with Crippen molar-refractivity contribution < 1.29 is 24.1 Å². The zero-order valence-corrected chi connectivity index (χ0v) is 13.9.